The van der Waals surface area contributed by atoms with Crippen LogP contribution in [0.15, 0.2) is 48.9 Å². The number of nitrogens with zero attached hydrogens (tertiary/aromatic N) is 3. The summed E-state index contributed by atoms with van der Waals surface area (Å²) < 4.78 is 0. The predicted molar refractivity (Wildman–Crippen MR) is 210 cm³/mol. The molecule has 5 rings (SSSR count). The highest BCUT2D eigenvalue weighted by Gasteiger charge is 2.55. The second-order valence-electron chi connectivity index (χ2n) is 16.1. The number of benzene rings is 1. The highest BCUT2D eigenvalue weighted by Crippen LogP contribution is 2.41. The zero-order chi connectivity index (χ0) is 40.6. The van der Waals surface area contributed by atoms with E-state index in [9.17, 15) is 33.6 Å². The third-order valence-corrected chi connectivity index (χ3v) is 12.1. The van der Waals surface area contributed by atoms with Gasteiger partial charge >= 0.3 is 0 Å². The molecular formula is C40H54N8O7S. The van der Waals surface area contributed by atoms with Crippen LogP contribution in [0.2, 0.25) is 0 Å². The number of ketones is 1. The molecular weight excluding hydrogens is 737 g/mol. The van der Waals surface area contributed by atoms with E-state index in [1.54, 1.807) is 27.7 Å². The topological polar surface area (TPSA) is 209 Å². The van der Waals surface area contributed by atoms with Crippen LogP contribution in [-0.2, 0) is 28.8 Å². The van der Waals surface area contributed by atoms with Crippen molar-refractivity contribution in [1.82, 2.24) is 41.5 Å². The fourth-order valence-electron chi connectivity index (χ4n) is 7.68. The molecule has 1 saturated carbocycles. The summed E-state index contributed by atoms with van der Waals surface area (Å²) in [5, 5.41) is 14.2. The van der Waals surface area contributed by atoms with Crippen molar-refractivity contribution in [2.24, 2.45) is 11.3 Å². The largest absolute Gasteiger partial charge is 0.344 e. The number of likely N-dealkylation sites (tertiary alicyclic amines) is 1. The van der Waals surface area contributed by atoms with Crippen LogP contribution in [0.3, 0.4) is 0 Å². The number of aromatic nitrogens is 2. The number of Topliss-reactive ketones (excluding diaryl/α,β-unsaturated/α-hetero) is 1. The van der Waals surface area contributed by atoms with Gasteiger partial charge in [-0.2, -0.15) is 0 Å². The van der Waals surface area contributed by atoms with Crippen LogP contribution in [-0.4, -0.2) is 97.4 Å². The van der Waals surface area contributed by atoms with Gasteiger partial charge in [0.15, 0.2) is 0 Å². The van der Waals surface area contributed by atoms with Crippen molar-refractivity contribution >= 4 is 53.0 Å². The van der Waals surface area contributed by atoms with Gasteiger partial charge in [-0.3, -0.25) is 38.5 Å². The van der Waals surface area contributed by atoms with Crippen molar-refractivity contribution in [1.29, 1.82) is 0 Å². The van der Waals surface area contributed by atoms with Gasteiger partial charge in [0.25, 0.3) is 11.8 Å². The molecule has 2 saturated heterocycles. The Kier molecular flexibility index (Phi) is 13.9. The molecule has 6 atom stereocenters. The minimum atomic E-state index is -1.16. The van der Waals surface area contributed by atoms with Crippen LogP contribution in [0.25, 0.3) is 0 Å². The molecule has 302 valence electrons. The Morgan fingerprint density at radius 2 is 1.70 bits per heavy atom. The van der Waals surface area contributed by atoms with E-state index < -0.39 is 75.8 Å². The molecule has 3 aliphatic rings. The Bertz CT molecular complexity index is 1770. The number of nitrogens with one attached hydrogen (secondary N) is 5. The molecule has 0 bridgehead atoms. The molecule has 3 heterocycles. The molecule has 15 nitrogen and oxygen atoms in total. The number of amides is 6. The van der Waals surface area contributed by atoms with Crippen molar-refractivity contribution in [2.75, 3.05) is 12.3 Å². The van der Waals surface area contributed by atoms with E-state index in [-0.39, 0.29) is 42.7 Å². The molecule has 1 aromatic heterocycles. The van der Waals surface area contributed by atoms with E-state index in [0.29, 0.717) is 19.3 Å². The minimum absolute atomic E-state index is 0.0281. The fourth-order valence-corrected chi connectivity index (χ4v) is 8.85. The van der Waals surface area contributed by atoms with Gasteiger partial charge in [0.1, 0.15) is 28.7 Å². The number of carbonyl (C=O) groups excluding carboxylic acids is 7. The van der Waals surface area contributed by atoms with E-state index in [0.717, 1.165) is 24.8 Å². The quantitative estimate of drug-likeness (QED) is 0.177. The van der Waals surface area contributed by atoms with E-state index >= 15 is 0 Å². The first-order chi connectivity index (χ1) is 26.6. The summed E-state index contributed by atoms with van der Waals surface area (Å²) in [5.74, 6) is -4.23. The van der Waals surface area contributed by atoms with E-state index in [4.69, 9.17) is 0 Å². The maximum Gasteiger partial charge on any atom is 0.290 e. The van der Waals surface area contributed by atoms with Crippen molar-refractivity contribution in [3.8, 4) is 0 Å². The van der Waals surface area contributed by atoms with Gasteiger partial charge in [-0.25, -0.2) is 4.98 Å². The van der Waals surface area contributed by atoms with Crippen molar-refractivity contribution < 1.29 is 33.6 Å². The first kappa shape index (κ1) is 42.3. The van der Waals surface area contributed by atoms with Crippen LogP contribution >= 0.6 is 11.8 Å². The van der Waals surface area contributed by atoms with Gasteiger partial charge in [-0.1, -0.05) is 83.7 Å². The number of hydrogen-bond donors (Lipinski definition) is 5. The molecule has 16 heteroatoms. The molecule has 3 fully saturated rings. The fraction of sp³-hybridized carbons (Fsp3) is 0.575. The lowest BCUT2D eigenvalue weighted by Gasteiger charge is -2.37. The summed E-state index contributed by atoms with van der Waals surface area (Å²) in [6.07, 6.45) is 9.08. The van der Waals surface area contributed by atoms with Crippen molar-refractivity contribution in [2.45, 2.75) is 121 Å². The third-order valence-electron chi connectivity index (χ3n) is 10.7. The first-order valence-corrected chi connectivity index (χ1v) is 20.4. The summed E-state index contributed by atoms with van der Waals surface area (Å²) in [7, 11) is 0. The average molecular weight is 791 g/mol. The van der Waals surface area contributed by atoms with Crippen molar-refractivity contribution in [3.63, 3.8) is 0 Å². The summed E-state index contributed by atoms with van der Waals surface area (Å²) in [6.45, 7) is 8.94. The number of thioether (sulfide) groups is 1. The Balaban J connectivity index is 1.37. The van der Waals surface area contributed by atoms with Crippen LogP contribution in [0.4, 0.5) is 0 Å². The summed E-state index contributed by atoms with van der Waals surface area (Å²) in [4.78, 5) is 104. The monoisotopic (exact) mass is 790 g/mol. The Hall–Kier alpha value is -4.86. The Labute approximate surface area is 332 Å². The predicted octanol–water partition coefficient (Wildman–Crippen LogP) is 2.58. The summed E-state index contributed by atoms with van der Waals surface area (Å²) in [5.41, 5.74) is 0.000174. The smallest absolute Gasteiger partial charge is 0.290 e. The molecule has 5 N–H and O–H groups in total. The number of carbonyl (C=O) groups is 7. The molecule has 2 aromatic rings. The van der Waals surface area contributed by atoms with E-state index in [1.807, 2.05) is 37.3 Å². The number of rotatable bonds is 14. The minimum Gasteiger partial charge on any atom is -0.344 e. The molecule has 56 heavy (non-hydrogen) atoms. The normalized spacial score (nSPS) is 22.0. The zero-order valence-corrected chi connectivity index (χ0v) is 33.6. The molecule has 2 aliphatic heterocycles. The first-order valence-electron chi connectivity index (χ1n) is 19.4. The summed E-state index contributed by atoms with van der Waals surface area (Å²) >= 11 is 1.30. The van der Waals surface area contributed by atoms with Gasteiger partial charge in [-0.15, -0.1) is 11.8 Å². The Morgan fingerprint density at radius 3 is 2.30 bits per heavy atom. The Morgan fingerprint density at radius 1 is 0.982 bits per heavy atom. The van der Waals surface area contributed by atoms with E-state index in [2.05, 4.69) is 36.6 Å². The molecule has 1 spiro atoms. The molecule has 0 radical (unpaired) electrons. The molecule has 4 unspecified atom stereocenters. The zero-order valence-electron chi connectivity index (χ0n) is 32.8. The van der Waals surface area contributed by atoms with Gasteiger partial charge in [0.2, 0.25) is 29.4 Å². The molecule has 1 aromatic carbocycles. The lowest BCUT2D eigenvalue weighted by Crippen LogP contribution is -2.62. The second-order valence-corrected chi connectivity index (χ2v) is 17.4. The second kappa shape index (κ2) is 18.4. The van der Waals surface area contributed by atoms with Crippen LogP contribution < -0.4 is 26.6 Å². The van der Waals surface area contributed by atoms with Crippen LogP contribution in [0, 0.1) is 11.3 Å². The van der Waals surface area contributed by atoms with Crippen molar-refractivity contribution in [3.05, 3.63) is 60.2 Å². The molecule has 6 amide bonds. The van der Waals surface area contributed by atoms with Gasteiger partial charge in [0.05, 0.1) is 30.6 Å². The van der Waals surface area contributed by atoms with Crippen LogP contribution in [0.1, 0.15) is 108 Å². The van der Waals surface area contributed by atoms with Gasteiger partial charge in [-0.05, 0) is 43.1 Å². The summed E-state index contributed by atoms with van der Waals surface area (Å²) in [6, 6.07) is 4.30. The average Bonchev–Trinajstić information content (AvgIpc) is 3.76. The highest BCUT2D eigenvalue weighted by atomic mass is 32.2. The lowest BCUT2D eigenvalue weighted by atomic mass is 9.82. The van der Waals surface area contributed by atoms with Gasteiger partial charge in [0, 0.05) is 18.8 Å². The maximum atomic E-state index is 14.8. The highest BCUT2D eigenvalue weighted by molar-refractivity contribution is 8.01. The number of hydrogen-bond acceptors (Lipinski definition) is 10. The SMILES string of the molecule is CCCC(NC(=O)[C@@H]1CC2(CN1C(=O)C(NC(=O)C(NC(=O)c1cnccn1)C1CCCCC1)C(C)(C)C)NC(=O)CS2)C(=O)C(=O)N[C@@H](C)c1ccccc1. The third kappa shape index (κ3) is 10.3. The molecule has 1 aliphatic carbocycles. The standard InChI is InChI=1S/C40H54N8O7S/c1-6-13-27(32(50)37(54)43-24(2)25-14-9-7-10-15-25)44-35(52)29-20-40(47-30(49)22-56-40)23-48(29)38(55)33(39(3,4)5)46-36(53)31(26-16-11-8-12-17-26)45-34(51)28-21-41-18-19-42-28/h7,9-10,14-15,18-19,21,24,26-27,29,31,33H,6,8,11-13,16-17,20,22-23H2,1-5H3,(H,43,54)(H,44,52)(H,45,51)(H,46,53)(H,47,49)/t24-,27?,29-,31?,33?,40?/m0/s1. The van der Waals surface area contributed by atoms with Gasteiger partial charge < -0.3 is 31.5 Å². The van der Waals surface area contributed by atoms with E-state index in [1.165, 1.54) is 35.3 Å². The van der Waals surface area contributed by atoms with Crippen LogP contribution in [0.5, 0.6) is 0 Å². The maximum absolute atomic E-state index is 14.8. The lowest BCUT2D eigenvalue weighted by molar-refractivity contribution is -0.145.